The van der Waals surface area contributed by atoms with Crippen molar-refractivity contribution in [1.82, 2.24) is 0 Å². The molecule has 1 atom stereocenters. The van der Waals surface area contributed by atoms with E-state index in [-0.39, 0.29) is 11.7 Å². The fourth-order valence-electron chi connectivity index (χ4n) is 1.75. The molecule has 0 aliphatic rings. The summed E-state index contributed by atoms with van der Waals surface area (Å²) in [6.07, 6.45) is 0.787. The van der Waals surface area contributed by atoms with E-state index in [9.17, 15) is 8.78 Å². The zero-order chi connectivity index (χ0) is 13.1. The molecule has 5 heteroatoms. The maximum Gasteiger partial charge on any atom is 0.151 e. The molecule has 1 aromatic heterocycles. The number of anilines is 2. The summed E-state index contributed by atoms with van der Waals surface area (Å²) in [4.78, 5) is 1.21. The van der Waals surface area contributed by atoms with Crippen LogP contribution in [0.15, 0.2) is 29.6 Å². The summed E-state index contributed by atoms with van der Waals surface area (Å²) in [6.45, 7) is 1.95. The second kappa shape index (κ2) is 5.35. The molecule has 1 heterocycles. The molecule has 0 aliphatic carbocycles. The van der Waals surface area contributed by atoms with Gasteiger partial charge in [0.05, 0.1) is 11.4 Å². The van der Waals surface area contributed by atoms with Crippen LogP contribution in [-0.2, 0) is 6.42 Å². The van der Waals surface area contributed by atoms with Crippen molar-refractivity contribution in [3.8, 4) is 0 Å². The summed E-state index contributed by atoms with van der Waals surface area (Å²) in [6, 6.07) is 6.04. The van der Waals surface area contributed by atoms with E-state index in [4.69, 9.17) is 5.73 Å². The van der Waals surface area contributed by atoms with E-state index in [1.807, 2.05) is 24.4 Å². The van der Waals surface area contributed by atoms with E-state index >= 15 is 0 Å². The summed E-state index contributed by atoms with van der Waals surface area (Å²) < 4.78 is 26.4. The fourth-order valence-corrected chi connectivity index (χ4v) is 2.59. The Morgan fingerprint density at radius 2 is 2.17 bits per heavy atom. The van der Waals surface area contributed by atoms with Crippen LogP contribution in [0.3, 0.4) is 0 Å². The molecule has 3 N–H and O–H groups in total. The van der Waals surface area contributed by atoms with E-state index in [0.29, 0.717) is 5.69 Å². The lowest BCUT2D eigenvalue weighted by molar-refractivity contribution is 0.586. The molecule has 1 unspecified atom stereocenters. The van der Waals surface area contributed by atoms with Crippen molar-refractivity contribution in [2.75, 3.05) is 11.1 Å². The number of benzene rings is 1. The van der Waals surface area contributed by atoms with Gasteiger partial charge in [-0.15, -0.1) is 11.3 Å². The number of halogens is 2. The first-order valence-corrected chi connectivity index (χ1v) is 6.47. The highest BCUT2D eigenvalue weighted by molar-refractivity contribution is 7.09. The Morgan fingerprint density at radius 1 is 1.39 bits per heavy atom. The number of nitrogen functional groups attached to an aromatic ring is 1. The molecule has 0 saturated carbocycles. The highest BCUT2D eigenvalue weighted by atomic mass is 32.1. The topological polar surface area (TPSA) is 38.0 Å². The van der Waals surface area contributed by atoms with Crippen molar-refractivity contribution < 1.29 is 8.78 Å². The lowest BCUT2D eigenvalue weighted by Crippen LogP contribution is -2.19. The molecule has 0 bridgehead atoms. The first-order valence-electron chi connectivity index (χ1n) is 5.59. The van der Waals surface area contributed by atoms with Crippen LogP contribution >= 0.6 is 11.3 Å². The first-order chi connectivity index (χ1) is 8.56. The van der Waals surface area contributed by atoms with Crippen LogP contribution in [0.4, 0.5) is 20.2 Å². The van der Waals surface area contributed by atoms with Gasteiger partial charge in [0.1, 0.15) is 5.82 Å². The van der Waals surface area contributed by atoms with Crippen molar-refractivity contribution in [3.63, 3.8) is 0 Å². The average Bonchev–Trinajstić information content (AvgIpc) is 2.77. The maximum absolute atomic E-state index is 13.3. The number of hydrogen-bond donors (Lipinski definition) is 2. The second-order valence-corrected chi connectivity index (χ2v) is 5.21. The lowest BCUT2D eigenvalue weighted by Gasteiger charge is -2.16. The van der Waals surface area contributed by atoms with Crippen LogP contribution < -0.4 is 11.1 Å². The zero-order valence-electron chi connectivity index (χ0n) is 9.91. The largest absolute Gasteiger partial charge is 0.395 e. The third-order valence-corrected chi connectivity index (χ3v) is 3.48. The van der Waals surface area contributed by atoms with Crippen molar-refractivity contribution >= 4 is 22.7 Å². The molecular formula is C13H14F2N2S. The van der Waals surface area contributed by atoms with Crippen LogP contribution in [0.2, 0.25) is 0 Å². The zero-order valence-corrected chi connectivity index (χ0v) is 10.7. The molecule has 0 radical (unpaired) electrons. The second-order valence-electron chi connectivity index (χ2n) is 4.18. The van der Waals surface area contributed by atoms with Gasteiger partial charge >= 0.3 is 0 Å². The van der Waals surface area contributed by atoms with E-state index in [2.05, 4.69) is 5.32 Å². The lowest BCUT2D eigenvalue weighted by atomic mass is 10.1. The van der Waals surface area contributed by atoms with Crippen molar-refractivity contribution in [1.29, 1.82) is 0 Å². The van der Waals surface area contributed by atoms with Crippen molar-refractivity contribution in [2.24, 2.45) is 0 Å². The molecular weight excluding hydrogens is 254 g/mol. The number of nitrogens with two attached hydrogens (primary N) is 1. The monoisotopic (exact) mass is 268 g/mol. The highest BCUT2D eigenvalue weighted by Crippen LogP contribution is 2.24. The summed E-state index contributed by atoms with van der Waals surface area (Å²) in [5, 5.41) is 5.03. The predicted molar refractivity (Wildman–Crippen MR) is 71.9 cm³/mol. The van der Waals surface area contributed by atoms with E-state index in [1.165, 1.54) is 10.9 Å². The molecule has 0 saturated heterocycles. The van der Waals surface area contributed by atoms with Gasteiger partial charge in [-0.2, -0.15) is 0 Å². The van der Waals surface area contributed by atoms with E-state index in [1.54, 1.807) is 11.3 Å². The SMILES string of the molecule is CC(Cc1cccs1)Nc1cc(F)cc(F)c1N. The van der Waals surface area contributed by atoms with Crippen LogP contribution in [-0.4, -0.2) is 6.04 Å². The molecule has 0 fully saturated rings. The molecule has 1 aromatic carbocycles. The molecule has 2 rings (SSSR count). The standard InChI is InChI=1S/C13H14F2N2S/c1-8(5-10-3-2-4-18-10)17-12-7-9(14)6-11(15)13(12)16/h2-4,6-8,17H,5,16H2,1H3. The Kier molecular flexibility index (Phi) is 3.81. The van der Waals surface area contributed by atoms with Gasteiger partial charge < -0.3 is 11.1 Å². The minimum Gasteiger partial charge on any atom is -0.395 e. The molecule has 18 heavy (non-hydrogen) atoms. The molecule has 96 valence electrons. The molecule has 0 spiro atoms. The molecule has 0 amide bonds. The number of rotatable bonds is 4. The summed E-state index contributed by atoms with van der Waals surface area (Å²) >= 11 is 1.65. The van der Waals surface area contributed by atoms with Crippen LogP contribution in [0.1, 0.15) is 11.8 Å². The van der Waals surface area contributed by atoms with Crippen LogP contribution in [0, 0.1) is 11.6 Å². The quantitative estimate of drug-likeness (QED) is 0.831. The smallest absolute Gasteiger partial charge is 0.151 e. The highest BCUT2D eigenvalue weighted by Gasteiger charge is 2.11. The van der Waals surface area contributed by atoms with Crippen LogP contribution in [0.5, 0.6) is 0 Å². The first kappa shape index (κ1) is 12.8. The minimum absolute atomic E-state index is 0.0468. The molecule has 2 aromatic rings. The average molecular weight is 268 g/mol. The van der Waals surface area contributed by atoms with Crippen molar-refractivity contribution in [3.05, 3.63) is 46.2 Å². The van der Waals surface area contributed by atoms with Gasteiger partial charge in [0.2, 0.25) is 0 Å². The summed E-state index contributed by atoms with van der Waals surface area (Å²) in [5.74, 6) is -1.37. The Bertz CT molecular complexity index is 526. The molecule has 0 aliphatic heterocycles. The van der Waals surface area contributed by atoms with E-state index < -0.39 is 11.6 Å². The Balaban J connectivity index is 2.09. The van der Waals surface area contributed by atoms with Gasteiger partial charge in [-0.25, -0.2) is 8.78 Å². The van der Waals surface area contributed by atoms with Crippen LogP contribution in [0.25, 0.3) is 0 Å². The van der Waals surface area contributed by atoms with Gasteiger partial charge in [-0.3, -0.25) is 0 Å². The minimum atomic E-state index is -0.735. The maximum atomic E-state index is 13.3. The third-order valence-electron chi connectivity index (χ3n) is 2.58. The number of nitrogens with one attached hydrogen (secondary N) is 1. The number of thiophene rings is 1. The third kappa shape index (κ3) is 2.98. The summed E-state index contributed by atoms with van der Waals surface area (Å²) in [5.41, 5.74) is 5.83. The van der Waals surface area contributed by atoms with Gasteiger partial charge in [0.15, 0.2) is 5.82 Å². The van der Waals surface area contributed by atoms with Crippen molar-refractivity contribution in [2.45, 2.75) is 19.4 Å². The molecule has 2 nitrogen and oxygen atoms in total. The summed E-state index contributed by atoms with van der Waals surface area (Å²) in [7, 11) is 0. The van der Waals surface area contributed by atoms with Gasteiger partial charge in [-0.1, -0.05) is 6.07 Å². The Morgan fingerprint density at radius 3 is 2.83 bits per heavy atom. The van der Waals surface area contributed by atoms with E-state index in [0.717, 1.165) is 12.5 Å². The fraction of sp³-hybridized carbons (Fsp3) is 0.231. The Hall–Kier alpha value is -1.62. The predicted octanol–water partition coefficient (Wildman–Crippen LogP) is 3.65. The van der Waals surface area contributed by atoms with Gasteiger partial charge in [0, 0.05) is 23.4 Å². The number of hydrogen-bond acceptors (Lipinski definition) is 3. The van der Waals surface area contributed by atoms with Gasteiger partial charge in [-0.05, 0) is 24.4 Å². The van der Waals surface area contributed by atoms with Gasteiger partial charge in [0.25, 0.3) is 0 Å². The Labute approximate surface area is 108 Å². The normalized spacial score (nSPS) is 12.4.